The predicted octanol–water partition coefficient (Wildman–Crippen LogP) is 2.67. The lowest BCUT2D eigenvalue weighted by Gasteiger charge is -2.06. The second kappa shape index (κ2) is 6.05. The van der Waals surface area contributed by atoms with E-state index in [1.54, 1.807) is 6.08 Å². The van der Waals surface area contributed by atoms with Gasteiger partial charge in [-0.3, -0.25) is 4.79 Å². The minimum atomic E-state index is 0.207. The summed E-state index contributed by atoms with van der Waals surface area (Å²) in [6.07, 6.45) is 8.90. The van der Waals surface area contributed by atoms with Gasteiger partial charge in [0.1, 0.15) is 18.6 Å². The van der Waals surface area contributed by atoms with Gasteiger partial charge in [0.15, 0.2) is 0 Å². The summed E-state index contributed by atoms with van der Waals surface area (Å²) in [6, 6.07) is 5.52. The summed E-state index contributed by atoms with van der Waals surface area (Å²) >= 11 is 3.33. The highest BCUT2D eigenvalue weighted by Crippen LogP contribution is 2.24. The molecule has 0 atom stereocenters. The highest BCUT2D eigenvalue weighted by molar-refractivity contribution is 9.10. The molecule has 0 saturated carbocycles. The number of hydrogen-bond acceptors (Lipinski definition) is 2. The lowest BCUT2D eigenvalue weighted by atomic mass is 10.2. The Morgan fingerprint density at radius 2 is 2.33 bits per heavy atom. The topological polar surface area (TPSA) is 26.3 Å². The van der Waals surface area contributed by atoms with E-state index < -0.39 is 0 Å². The number of benzene rings is 1. The van der Waals surface area contributed by atoms with Gasteiger partial charge in [0.25, 0.3) is 0 Å². The Kier molecular flexibility index (Phi) is 4.65. The Morgan fingerprint density at radius 1 is 1.53 bits per heavy atom. The van der Waals surface area contributed by atoms with E-state index in [0.717, 1.165) is 10.0 Å². The largest absolute Gasteiger partial charge is 0.480 e. The van der Waals surface area contributed by atoms with E-state index in [2.05, 4.69) is 21.9 Å². The van der Waals surface area contributed by atoms with Crippen molar-refractivity contribution in [2.75, 3.05) is 6.61 Å². The molecule has 0 unspecified atom stereocenters. The van der Waals surface area contributed by atoms with Crippen molar-refractivity contribution < 1.29 is 9.53 Å². The summed E-state index contributed by atoms with van der Waals surface area (Å²) in [6.45, 7) is 0.207. The molecule has 0 fully saturated rings. The fourth-order valence-electron chi connectivity index (χ4n) is 1.03. The van der Waals surface area contributed by atoms with Crippen molar-refractivity contribution in [1.82, 2.24) is 0 Å². The first-order valence-electron chi connectivity index (χ1n) is 4.25. The number of carbonyl (C=O) groups excluding carboxylic acids is 1. The number of terminal acetylenes is 1. The summed E-state index contributed by atoms with van der Waals surface area (Å²) in [4.78, 5) is 10.2. The molecule has 0 saturated heterocycles. The van der Waals surface area contributed by atoms with Crippen LogP contribution in [0.4, 0.5) is 0 Å². The van der Waals surface area contributed by atoms with Crippen LogP contribution in [0, 0.1) is 12.3 Å². The van der Waals surface area contributed by atoms with Crippen LogP contribution in [0.25, 0.3) is 6.08 Å². The summed E-state index contributed by atoms with van der Waals surface area (Å²) < 4.78 is 6.23. The molecule has 0 radical (unpaired) electrons. The van der Waals surface area contributed by atoms with Gasteiger partial charge in [-0.15, -0.1) is 6.42 Å². The van der Waals surface area contributed by atoms with Crippen LogP contribution in [0.2, 0.25) is 0 Å². The molecule has 0 aliphatic rings. The highest BCUT2D eigenvalue weighted by Gasteiger charge is 2.00. The standard InChI is InChI=1S/C12H9BrO2/c1-2-8-15-12-9-11(13)6-5-10(12)4-3-7-14/h1,3-7,9H,8H2. The third kappa shape index (κ3) is 3.61. The summed E-state index contributed by atoms with van der Waals surface area (Å²) in [5.74, 6) is 3.04. The Morgan fingerprint density at radius 3 is 3.00 bits per heavy atom. The fourth-order valence-corrected chi connectivity index (χ4v) is 1.37. The first-order valence-corrected chi connectivity index (χ1v) is 5.05. The number of aldehydes is 1. The molecule has 0 heterocycles. The molecule has 0 amide bonds. The Bertz CT molecular complexity index is 416. The van der Waals surface area contributed by atoms with Crippen LogP contribution in [0.3, 0.4) is 0 Å². The summed E-state index contributed by atoms with van der Waals surface area (Å²) in [5.41, 5.74) is 0.820. The number of carbonyl (C=O) groups is 1. The van der Waals surface area contributed by atoms with Crippen molar-refractivity contribution in [3.8, 4) is 18.1 Å². The second-order valence-electron chi connectivity index (χ2n) is 2.67. The Balaban J connectivity index is 2.98. The van der Waals surface area contributed by atoms with Gasteiger partial charge in [0, 0.05) is 10.0 Å². The summed E-state index contributed by atoms with van der Waals surface area (Å²) in [7, 11) is 0. The van der Waals surface area contributed by atoms with E-state index in [9.17, 15) is 4.79 Å². The zero-order valence-corrected chi connectivity index (χ0v) is 9.53. The number of hydrogen-bond donors (Lipinski definition) is 0. The molecule has 0 spiro atoms. The number of halogens is 1. The lowest BCUT2D eigenvalue weighted by molar-refractivity contribution is -0.104. The minimum absolute atomic E-state index is 0.207. The molecule has 1 rings (SSSR count). The molecule has 15 heavy (non-hydrogen) atoms. The van der Waals surface area contributed by atoms with Crippen LogP contribution < -0.4 is 4.74 Å². The average Bonchev–Trinajstić information content (AvgIpc) is 2.25. The van der Waals surface area contributed by atoms with Gasteiger partial charge < -0.3 is 4.74 Å². The molecule has 0 aliphatic carbocycles. The molecule has 0 aliphatic heterocycles. The van der Waals surface area contributed by atoms with Crippen molar-refractivity contribution in [2.24, 2.45) is 0 Å². The average molecular weight is 265 g/mol. The van der Waals surface area contributed by atoms with Gasteiger partial charge in [-0.1, -0.05) is 27.9 Å². The first-order chi connectivity index (χ1) is 7.27. The third-order valence-corrected chi connectivity index (χ3v) is 2.13. The molecular weight excluding hydrogens is 256 g/mol. The van der Waals surface area contributed by atoms with Gasteiger partial charge in [0.2, 0.25) is 0 Å². The molecule has 0 bridgehead atoms. The third-order valence-electron chi connectivity index (χ3n) is 1.64. The summed E-state index contributed by atoms with van der Waals surface area (Å²) in [5, 5.41) is 0. The molecular formula is C12H9BrO2. The maximum atomic E-state index is 10.2. The van der Waals surface area contributed by atoms with Gasteiger partial charge in [0.05, 0.1) is 0 Å². The quantitative estimate of drug-likeness (QED) is 0.475. The van der Waals surface area contributed by atoms with Crippen molar-refractivity contribution >= 4 is 28.3 Å². The van der Waals surface area contributed by atoms with Gasteiger partial charge >= 0.3 is 0 Å². The Hall–Kier alpha value is -1.53. The normalized spacial score (nSPS) is 9.87. The van der Waals surface area contributed by atoms with E-state index in [1.807, 2.05) is 18.2 Å². The van der Waals surface area contributed by atoms with Gasteiger partial charge in [-0.2, -0.15) is 0 Å². The molecule has 1 aromatic carbocycles. The molecule has 1 aromatic rings. The van der Waals surface area contributed by atoms with E-state index >= 15 is 0 Å². The van der Waals surface area contributed by atoms with E-state index in [4.69, 9.17) is 11.2 Å². The van der Waals surface area contributed by atoms with Crippen LogP contribution in [0.15, 0.2) is 28.7 Å². The first kappa shape index (κ1) is 11.5. The lowest BCUT2D eigenvalue weighted by Crippen LogP contribution is -1.95. The van der Waals surface area contributed by atoms with E-state index in [0.29, 0.717) is 12.0 Å². The monoisotopic (exact) mass is 264 g/mol. The van der Waals surface area contributed by atoms with Crippen LogP contribution >= 0.6 is 15.9 Å². The number of allylic oxidation sites excluding steroid dienone is 1. The SMILES string of the molecule is C#CCOc1cc(Br)ccc1C=CC=O. The second-order valence-corrected chi connectivity index (χ2v) is 3.59. The van der Waals surface area contributed by atoms with Gasteiger partial charge in [-0.05, 0) is 24.3 Å². The molecule has 2 nitrogen and oxygen atoms in total. The van der Waals surface area contributed by atoms with Crippen molar-refractivity contribution in [1.29, 1.82) is 0 Å². The zero-order valence-electron chi connectivity index (χ0n) is 7.94. The van der Waals surface area contributed by atoms with Crippen LogP contribution in [0.1, 0.15) is 5.56 Å². The maximum absolute atomic E-state index is 10.2. The molecule has 0 N–H and O–H groups in total. The number of ether oxygens (including phenoxy) is 1. The molecule has 76 valence electrons. The van der Waals surface area contributed by atoms with E-state index in [-0.39, 0.29) is 6.61 Å². The minimum Gasteiger partial charge on any atom is -0.480 e. The van der Waals surface area contributed by atoms with E-state index in [1.165, 1.54) is 6.08 Å². The van der Waals surface area contributed by atoms with Crippen LogP contribution in [-0.4, -0.2) is 12.9 Å². The van der Waals surface area contributed by atoms with Crippen molar-refractivity contribution in [3.05, 3.63) is 34.3 Å². The molecule has 3 heteroatoms. The van der Waals surface area contributed by atoms with Gasteiger partial charge in [-0.25, -0.2) is 0 Å². The molecule has 0 aromatic heterocycles. The predicted molar refractivity (Wildman–Crippen MR) is 63.6 cm³/mol. The van der Waals surface area contributed by atoms with Crippen molar-refractivity contribution in [2.45, 2.75) is 0 Å². The fraction of sp³-hybridized carbons (Fsp3) is 0.0833. The van der Waals surface area contributed by atoms with Crippen molar-refractivity contribution in [3.63, 3.8) is 0 Å². The zero-order chi connectivity index (χ0) is 11.1. The number of rotatable bonds is 4. The van der Waals surface area contributed by atoms with Crippen LogP contribution in [-0.2, 0) is 4.79 Å². The Labute approximate surface area is 97.1 Å². The highest BCUT2D eigenvalue weighted by atomic mass is 79.9. The smallest absolute Gasteiger partial charge is 0.148 e. The van der Waals surface area contributed by atoms with Crippen LogP contribution in [0.5, 0.6) is 5.75 Å². The maximum Gasteiger partial charge on any atom is 0.148 e.